The third-order valence-corrected chi connectivity index (χ3v) is 5.67. The second kappa shape index (κ2) is 10.7. The van der Waals surface area contributed by atoms with Gasteiger partial charge in [0, 0.05) is 17.3 Å². The fourth-order valence-corrected chi connectivity index (χ4v) is 3.65. The maximum Gasteiger partial charge on any atom is 0.416 e. The number of methoxy groups -OCH3 is 2. The van der Waals surface area contributed by atoms with E-state index in [1.54, 1.807) is 6.07 Å². The van der Waals surface area contributed by atoms with Crippen molar-refractivity contribution in [3.63, 3.8) is 0 Å². The molecule has 3 aromatic carbocycles. The Labute approximate surface area is 225 Å². The Morgan fingerprint density at radius 1 is 0.732 bits per heavy atom. The summed E-state index contributed by atoms with van der Waals surface area (Å²) in [5, 5.41) is 1.83. The minimum absolute atomic E-state index is 0.00689. The molecule has 216 valence electrons. The van der Waals surface area contributed by atoms with E-state index >= 15 is 0 Å². The van der Waals surface area contributed by atoms with Crippen molar-refractivity contribution >= 4 is 22.5 Å². The average molecular weight is 587 g/mol. The quantitative estimate of drug-likeness (QED) is 0.230. The summed E-state index contributed by atoms with van der Waals surface area (Å²) in [4.78, 5) is 20.4. The van der Waals surface area contributed by atoms with Crippen molar-refractivity contribution in [1.29, 1.82) is 0 Å². The van der Waals surface area contributed by atoms with E-state index in [0.717, 1.165) is 24.3 Å². The first kappa shape index (κ1) is 29.3. The molecule has 0 saturated carbocycles. The van der Waals surface area contributed by atoms with Crippen LogP contribution in [0.4, 0.5) is 40.8 Å². The Hall–Kier alpha value is -4.69. The first-order valence-corrected chi connectivity index (χ1v) is 11.3. The van der Waals surface area contributed by atoms with E-state index in [9.17, 15) is 39.9 Å². The molecule has 7 nitrogen and oxygen atoms in total. The molecular formula is C26H17F8N3O4. The molecule has 4 rings (SSSR count). The van der Waals surface area contributed by atoms with Crippen LogP contribution >= 0.6 is 0 Å². The van der Waals surface area contributed by atoms with Crippen LogP contribution < -0.4 is 19.5 Å². The van der Waals surface area contributed by atoms with Crippen LogP contribution in [0.25, 0.3) is 10.9 Å². The van der Waals surface area contributed by atoms with Crippen LogP contribution in [0.1, 0.15) is 16.7 Å². The van der Waals surface area contributed by atoms with Gasteiger partial charge in [-0.2, -0.15) is 35.1 Å². The summed E-state index contributed by atoms with van der Waals surface area (Å²) in [6, 6.07) is 6.88. The molecule has 0 spiro atoms. The van der Waals surface area contributed by atoms with Crippen LogP contribution in [0, 0.1) is 0 Å². The van der Waals surface area contributed by atoms with Gasteiger partial charge in [-0.1, -0.05) is 0 Å². The van der Waals surface area contributed by atoms with Gasteiger partial charge in [-0.25, -0.2) is 9.97 Å². The molecule has 1 heterocycles. The molecule has 0 aliphatic carbocycles. The molecule has 0 unspecified atom stereocenters. The number of hydrogen-bond donors (Lipinski definition) is 1. The van der Waals surface area contributed by atoms with Crippen molar-refractivity contribution in [2.24, 2.45) is 0 Å². The number of alkyl halides is 8. The number of ether oxygens (including phenoxy) is 3. The number of hydrogen-bond acceptors (Lipinski definition) is 6. The molecule has 0 saturated heterocycles. The molecular weight excluding hydrogens is 570 g/mol. The maximum atomic E-state index is 14.9. The Kier molecular flexibility index (Phi) is 7.65. The van der Waals surface area contributed by atoms with E-state index in [0.29, 0.717) is 22.4 Å². The van der Waals surface area contributed by atoms with Crippen molar-refractivity contribution in [2.45, 2.75) is 18.3 Å². The van der Waals surface area contributed by atoms with Crippen molar-refractivity contribution in [3.8, 4) is 23.1 Å². The number of benzene rings is 3. The normalized spacial score (nSPS) is 12.2. The number of anilines is 1. The van der Waals surface area contributed by atoms with Crippen LogP contribution in [-0.2, 0) is 23.1 Å². The molecule has 4 aromatic rings. The van der Waals surface area contributed by atoms with E-state index in [1.807, 2.05) is 0 Å². The topological polar surface area (TPSA) is 82.6 Å². The number of rotatable bonds is 7. The molecule has 41 heavy (non-hydrogen) atoms. The number of amides is 1. The second-order valence-corrected chi connectivity index (χ2v) is 8.35. The van der Waals surface area contributed by atoms with Crippen molar-refractivity contribution < 1.29 is 54.1 Å². The van der Waals surface area contributed by atoms with E-state index < -0.39 is 46.6 Å². The summed E-state index contributed by atoms with van der Waals surface area (Å²) >= 11 is 0. The van der Waals surface area contributed by atoms with E-state index in [1.165, 1.54) is 31.9 Å². The predicted molar refractivity (Wildman–Crippen MR) is 128 cm³/mol. The van der Waals surface area contributed by atoms with Crippen molar-refractivity contribution in [3.05, 3.63) is 77.6 Å². The van der Waals surface area contributed by atoms with Gasteiger partial charge in [-0.15, -0.1) is 0 Å². The van der Waals surface area contributed by atoms with Gasteiger partial charge in [0.25, 0.3) is 5.91 Å². The third kappa shape index (κ3) is 6.23. The predicted octanol–water partition coefficient (Wildman–Crippen LogP) is 7.21. The van der Waals surface area contributed by atoms with Gasteiger partial charge in [0.2, 0.25) is 5.88 Å². The SMILES string of the molecule is COc1cc2ncnc(Oc3ccc(C(F)(F)C(=O)Nc4cc(C(F)(F)F)cc(C(F)(F)F)c4)cc3)c2cc1OC. The fourth-order valence-electron chi connectivity index (χ4n) is 3.65. The number of halogens is 8. The summed E-state index contributed by atoms with van der Waals surface area (Å²) in [5.41, 5.74) is -5.17. The monoisotopic (exact) mass is 587 g/mol. The van der Waals surface area contributed by atoms with E-state index in [-0.39, 0.29) is 29.8 Å². The number of carbonyl (C=O) groups excluding carboxylic acids is 1. The minimum Gasteiger partial charge on any atom is -0.493 e. The summed E-state index contributed by atoms with van der Waals surface area (Å²) in [5.74, 6) is -5.75. The number of carbonyl (C=O) groups is 1. The maximum absolute atomic E-state index is 14.9. The lowest BCUT2D eigenvalue weighted by molar-refractivity contribution is -0.143. The van der Waals surface area contributed by atoms with E-state index in [2.05, 4.69) is 9.97 Å². The molecule has 1 aromatic heterocycles. The Morgan fingerprint density at radius 3 is 1.83 bits per heavy atom. The zero-order valence-electron chi connectivity index (χ0n) is 20.8. The molecule has 0 fully saturated rings. The minimum atomic E-state index is -5.23. The second-order valence-electron chi connectivity index (χ2n) is 8.35. The van der Waals surface area contributed by atoms with Gasteiger partial charge >= 0.3 is 18.3 Å². The fraction of sp³-hybridized carbons (Fsp3) is 0.192. The van der Waals surface area contributed by atoms with Gasteiger partial charge in [-0.05, 0) is 48.5 Å². The number of aromatic nitrogens is 2. The zero-order valence-corrected chi connectivity index (χ0v) is 20.8. The van der Waals surface area contributed by atoms with Crippen LogP contribution in [0.3, 0.4) is 0 Å². The van der Waals surface area contributed by atoms with Gasteiger partial charge in [0.1, 0.15) is 12.1 Å². The Balaban J connectivity index is 1.57. The standard InChI is InChI=1S/C26H17F8N3O4/c1-39-20-10-18-19(11-21(20)40-2)35-12-36-22(18)41-17-5-3-13(4-6-17)24(27,28)23(38)37-16-8-14(25(29,30)31)7-15(9-16)26(32,33)34/h3-12H,1-2H3,(H,37,38). The molecule has 0 atom stereocenters. The van der Waals surface area contributed by atoms with Crippen LogP contribution in [0.2, 0.25) is 0 Å². The highest BCUT2D eigenvalue weighted by atomic mass is 19.4. The van der Waals surface area contributed by atoms with Gasteiger partial charge in [0.05, 0.1) is 36.2 Å². The number of fused-ring (bicyclic) bond motifs is 1. The lowest BCUT2D eigenvalue weighted by Gasteiger charge is -2.19. The largest absolute Gasteiger partial charge is 0.493 e. The first-order valence-electron chi connectivity index (χ1n) is 11.3. The lowest BCUT2D eigenvalue weighted by Crippen LogP contribution is -2.32. The highest BCUT2D eigenvalue weighted by molar-refractivity contribution is 5.97. The summed E-state index contributed by atoms with van der Waals surface area (Å²) < 4.78 is 124. The van der Waals surface area contributed by atoms with Gasteiger partial charge in [0.15, 0.2) is 11.5 Å². The highest BCUT2D eigenvalue weighted by Gasteiger charge is 2.42. The number of nitrogens with zero attached hydrogens (tertiary/aromatic N) is 2. The lowest BCUT2D eigenvalue weighted by atomic mass is 10.1. The Bertz CT molecular complexity index is 1560. The molecule has 0 aliphatic heterocycles. The zero-order chi connectivity index (χ0) is 30.2. The van der Waals surface area contributed by atoms with Gasteiger partial charge < -0.3 is 19.5 Å². The summed E-state index contributed by atoms with van der Waals surface area (Å²) in [7, 11) is 2.84. The van der Waals surface area contributed by atoms with Crippen LogP contribution in [0.15, 0.2) is 60.9 Å². The molecule has 1 amide bonds. The molecule has 0 bridgehead atoms. The van der Waals surface area contributed by atoms with Crippen molar-refractivity contribution in [1.82, 2.24) is 9.97 Å². The third-order valence-electron chi connectivity index (χ3n) is 5.67. The molecule has 1 N–H and O–H groups in total. The smallest absolute Gasteiger partial charge is 0.416 e. The first-order chi connectivity index (χ1) is 19.1. The highest BCUT2D eigenvalue weighted by Crippen LogP contribution is 2.39. The molecule has 15 heteroatoms. The average Bonchev–Trinajstić information content (AvgIpc) is 2.91. The van der Waals surface area contributed by atoms with Crippen molar-refractivity contribution in [2.75, 3.05) is 19.5 Å². The Morgan fingerprint density at radius 2 is 1.29 bits per heavy atom. The summed E-state index contributed by atoms with van der Waals surface area (Å²) in [6.45, 7) is 0. The van der Waals surface area contributed by atoms with Gasteiger partial charge in [-0.3, -0.25) is 4.79 Å². The van der Waals surface area contributed by atoms with E-state index in [4.69, 9.17) is 14.2 Å². The molecule has 0 radical (unpaired) electrons. The number of nitrogens with one attached hydrogen (secondary N) is 1. The van der Waals surface area contributed by atoms with Crippen LogP contribution in [0.5, 0.6) is 23.1 Å². The molecule has 0 aliphatic rings. The summed E-state index contributed by atoms with van der Waals surface area (Å²) in [6.07, 6.45) is -9.27. The van der Waals surface area contributed by atoms with Crippen LogP contribution in [-0.4, -0.2) is 30.1 Å².